The number of nitrogens with one attached hydrogen (secondary N) is 1. The number of rotatable bonds is 6. The van der Waals surface area contributed by atoms with Gasteiger partial charge in [-0.1, -0.05) is 29.8 Å². The zero-order valence-electron chi connectivity index (χ0n) is 14.0. The van der Waals surface area contributed by atoms with E-state index in [-0.39, 0.29) is 5.91 Å². The Kier molecular flexibility index (Phi) is 5.95. The molecule has 0 aliphatic carbocycles. The molecule has 0 spiro atoms. The van der Waals surface area contributed by atoms with Gasteiger partial charge in [-0.15, -0.1) is 0 Å². The summed E-state index contributed by atoms with van der Waals surface area (Å²) in [6.07, 6.45) is -0.923. The number of carbonyl (C=O) groups is 2. The topological polar surface area (TPSA) is 64.6 Å². The molecule has 0 unspecified atom stereocenters. The smallest absolute Gasteiger partial charge is 0.342 e. The van der Waals surface area contributed by atoms with E-state index in [0.717, 1.165) is 5.56 Å². The summed E-state index contributed by atoms with van der Waals surface area (Å²) in [4.78, 5) is 24.4. The monoisotopic (exact) mass is 327 g/mol. The van der Waals surface area contributed by atoms with Crippen LogP contribution >= 0.6 is 0 Å². The van der Waals surface area contributed by atoms with Gasteiger partial charge < -0.3 is 14.8 Å². The molecule has 2 aromatic rings. The van der Waals surface area contributed by atoms with Crippen molar-refractivity contribution in [3.8, 4) is 5.75 Å². The summed E-state index contributed by atoms with van der Waals surface area (Å²) in [5.41, 5.74) is 2.05. The van der Waals surface area contributed by atoms with Crippen LogP contribution in [0, 0.1) is 6.92 Å². The molecule has 0 radical (unpaired) electrons. The SMILES string of the molecule is CCOc1ccccc1C(=O)O[C@H](C)C(=O)Nc1ccc(C)cc1. The normalized spacial score (nSPS) is 11.5. The number of ether oxygens (including phenoxy) is 2. The van der Waals surface area contributed by atoms with E-state index in [0.29, 0.717) is 23.6 Å². The fraction of sp³-hybridized carbons (Fsp3) is 0.263. The van der Waals surface area contributed by atoms with Gasteiger partial charge in [0.05, 0.1) is 6.61 Å². The molecule has 24 heavy (non-hydrogen) atoms. The molecule has 0 bridgehead atoms. The number of hydrogen-bond donors (Lipinski definition) is 1. The van der Waals surface area contributed by atoms with Crippen molar-refractivity contribution in [2.45, 2.75) is 26.9 Å². The van der Waals surface area contributed by atoms with Crippen LogP contribution in [0.15, 0.2) is 48.5 Å². The highest BCUT2D eigenvalue weighted by atomic mass is 16.5. The Balaban J connectivity index is 2.00. The van der Waals surface area contributed by atoms with Gasteiger partial charge in [-0.3, -0.25) is 4.79 Å². The van der Waals surface area contributed by atoms with Crippen LogP contribution in [0.2, 0.25) is 0 Å². The van der Waals surface area contributed by atoms with Crippen molar-refractivity contribution < 1.29 is 19.1 Å². The second kappa shape index (κ2) is 8.15. The average Bonchev–Trinajstić information content (AvgIpc) is 2.57. The molecule has 2 aromatic carbocycles. The van der Waals surface area contributed by atoms with E-state index in [4.69, 9.17) is 9.47 Å². The molecule has 0 aliphatic heterocycles. The zero-order chi connectivity index (χ0) is 17.5. The van der Waals surface area contributed by atoms with E-state index in [1.165, 1.54) is 6.92 Å². The molecule has 0 fully saturated rings. The van der Waals surface area contributed by atoms with Crippen LogP contribution < -0.4 is 10.1 Å². The summed E-state index contributed by atoms with van der Waals surface area (Å²) in [6.45, 7) is 5.77. The Labute approximate surface area is 141 Å². The van der Waals surface area contributed by atoms with E-state index in [2.05, 4.69) is 5.32 Å². The summed E-state index contributed by atoms with van der Waals surface area (Å²) in [7, 11) is 0. The van der Waals surface area contributed by atoms with E-state index in [9.17, 15) is 9.59 Å². The van der Waals surface area contributed by atoms with Gasteiger partial charge in [-0.2, -0.15) is 0 Å². The number of carbonyl (C=O) groups excluding carboxylic acids is 2. The van der Waals surface area contributed by atoms with Gasteiger partial charge in [-0.25, -0.2) is 4.79 Å². The fourth-order valence-corrected chi connectivity index (χ4v) is 2.07. The van der Waals surface area contributed by atoms with Crippen LogP contribution in [0.5, 0.6) is 5.75 Å². The quantitative estimate of drug-likeness (QED) is 0.824. The van der Waals surface area contributed by atoms with Crippen LogP contribution in [0.4, 0.5) is 5.69 Å². The lowest BCUT2D eigenvalue weighted by Gasteiger charge is -2.15. The number of esters is 1. The summed E-state index contributed by atoms with van der Waals surface area (Å²) < 4.78 is 10.7. The average molecular weight is 327 g/mol. The maximum atomic E-state index is 12.3. The van der Waals surface area contributed by atoms with Gasteiger partial charge in [0.1, 0.15) is 11.3 Å². The Bertz CT molecular complexity index is 710. The molecule has 0 heterocycles. The largest absolute Gasteiger partial charge is 0.493 e. The molecular weight excluding hydrogens is 306 g/mol. The van der Waals surface area contributed by atoms with E-state index >= 15 is 0 Å². The molecule has 0 aromatic heterocycles. The van der Waals surface area contributed by atoms with Crippen LogP contribution in [-0.2, 0) is 9.53 Å². The number of amides is 1. The van der Waals surface area contributed by atoms with Crippen LogP contribution in [0.25, 0.3) is 0 Å². The van der Waals surface area contributed by atoms with Crippen molar-refractivity contribution >= 4 is 17.6 Å². The minimum atomic E-state index is -0.923. The number of anilines is 1. The first-order chi connectivity index (χ1) is 11.5. The molecule has 1 N–H and O–H groups in total. The van der Waals surface area contributed by atoms with Crippen LogP contribution in [-0.4, -0.2) is 24.6 Å². The third-order valence-corrected chi connectivity index (χ3v) is 3.38. The first-order valence-electron chi connectivity index (χ1n) is 7.81. The Morgan fingerprint density at radius 3 is 2.42 bits per heavy atom. The van der Waals surface area contributed by atoms with Crippen LogP contribution in [0.3, 0.4) is 0 Å². The maximum absolute atomic E-state index is 12.3. The molecular formula is C19H21NO4. The third kappa shape index (κ3) is 4.59. The van der Waals surface area contributed by atoms with Crippen molar-refractivity contribution in [1.82, 2.24) is 0 Å². The molecule has 1 atom stereocenters. The molecule has 126 valence electrons. The molecule has 0 saturated carbocycles. The molecule has 5 heteroatoms. The number of hydrogen-bond acceptors (Lipinski definition) is 4. The van der Waals surface area contributed by atoms with E-state index in [1.807, 2.05) is 26.0 Å². The predicted molar refractivity (Wildman–Crippen MR) is 92.3 cm³/mol. The number of aryl methyl sites for hydroxylation is 1. The lowest BCUT2D eigenvalue weighted by Crippen LogP contribution is -2.30. The van der Waals surface area contributed by atoms with E-state index in [1.54, 1.807) is 36.4 Å². The molecule has 5 nitrogen and oxygen atoms in total. The molecule has 0 saturated heterocycles. The summed E-state index contributed by atoms with van der Waals surface area (Å²) in [5.74, 6) is -0.539. The summed E-state index contributed by atoms with van der Waals surface area (Å²) >= 11 is 0. The minimum Gasteiger partial charge on any atom is -0.493 e. The Morgan fingerprint density at radius 2 is 1.75 bits per heavy atom. The standard InChI is InChI=1S/C19H21NO4/c1-4-23-17-8-6-5-7-16(17)19(22)24-14(3)18(21)20-15-11-9-13(2)10-12-15/h5-12,14H,4H2,1-3H3,(H,20,21)/t14-/m1/s1. The van der Waals surface area contributed by atoms with Crippen molar-refractivity contribution in [3.05, 3.63) is 59.7 Å². The number of para-hydroxylation sites is 1. The first-order valence-corrected chi connectivity index (χ1v) is 7.81. The molecule has 2 rings (SSSR count). The Morgan fingerprint density at radius 1 is 1.08 bits per heavy atom. The summed E-state index contributed by atoms with van der Waals surface area (Å²) in [5, 5.41) is 2.72. The van der Waals surface area contributed by atoms with Crippen molar-refractivity contribution in [3.63, 3.8) is 0 Å². The third-order valence-electron chi connectivity index (χ3n) is 3.38. The highest BCUT2D eigenvalue weighted by molar-refractivity contribution is 5.98. The highest BCUT2D eigenvalue weighted by Crippen LogP contribution is 2.19. The van der Waals surface area contributed by atoms with Crippen molar-refractivity contribution in [1.29, 1.82) is 0 Å². The van der Waals surface area contributed by atoms with Gasteiger partial charge in [0, 0.05) is 5.69 Å². The second-order valence-corrected chi connectivity index (χ2v) is 5.33. The fourth-order valence-electron chi connectivity index (χ4n) is 2.07. The minimum absolute atomic E-state index is 0.300. The Hall–Kier alpha value is -2.82. The lowest BCUT2D eigenvalue weighted by atomic mass is 10.2. The van der Waals surface area contributed by atoms with Gasteiger partial charge in [0.2, 0.25) is 0 Å². The maximum Gasteiger partial charge on any atom is 0.342 e. The van der Waals surface area contributed by atoms with E-state index < -0.39 is 12.1 Å². The van der Waals surface area contributed by atoms with Gasteiger partial charge in [0.25, 0.3) is 5.91 Å². The predicted octanol–water partition coefficient (Wildman–Crippen LogP) is 3.58. The first kappa shape index (κ1) is 17.5. The highest BCUT2D eigenvalue weighted by Gasteiger charge is 2.21. The lowest BCUT2D eigenvalue weighted by molar-refractivity contribution is -0.123. The second-order valence-electron chi connectivity index (χ2n) is 5.33. The number of benzene rings is 2. The van der Waals surface area contributed by atoms with Crippen molar-refractivity contribution in [2.75, 3.05) is 11.9 Å². The van der Waals surface area contributed by atoms with Gasteiger partial charge in [0.15, 0.2) is 6.10 Å². The van der Waals surface area contributed by atoms with Crippen LogP contribution in [0.1, 0.15) is 29.8 Å². The molecule has 0 aliphatic rings. The molecule has 1 amide bonds. The van der Waals surface area contributed by atoms with Gasteiger partial charge >= 0.3 is 5.97 Å². The zero-order valence-corrected chi connectivity index (χ0v) is 14.0. The van der Waals surface area contributed by atoms with Crippen molar-refractivity contribution in [2.24, 2.45) is 0 Å². The summed E-state index contributed by atoms with van der Waals surface area (Å²) in [6, 6.07) is 14.2. The van der Waals surface area contributed by atoms with Gasteiger partial charge in [-0.05, 0) is 45.0 Å².